The zero-order valence-corrected chi connectivity index (χ0v) is 25.7. The van der Waals surface area contributed by atoms with E-state index in [0.717, 1.165) is 25.7 Å². The number of aliphatic hydroxyl groups is 2. The van der Waals surface area contributed by atoms with Crippen molar-refractivity contribution >= 4 is 5.91 Å². The van der Waals surface area contributed by atoms with Crippen molar-refractivity contribution in [1.29, 1.82) is 0 Å². The average molecular weight is 538 g/mol. The lowest BCUT2D eigenvalue weighted by molar-refractivity contribution is -0.123. The van der Waals surface area contributed by atoms with Crippen molar-refractivity contribution in [3.63, 3.8) is 0 Å². The van der Waals surface area contributed by atoms with Crippen molar-refractivity contribution in [2.75, 3.05) is 6.61 Å². The molecule has 0 spiro atoms. The Balaban J connectivity index is 3.59. The molecule has 0 saturated heterocycles. The van der Waals surface area contributed by atoms with Crippen LogP contribution in [0.25, 0.3) is 0 Å². The summed E-state index contributed by atoms with van der Waals surface area (Å²) in [6.45, 7) is 4.32. The summed E-state index contributed by atoms with van der Waals surface area (Å²) in [5, 5.41) is 23.0. The van der Waals surface area contributed by atoms with Gasteiger partial charge >= 0.3 is 0 Å². The molecule has 38 heavy (non-hydrogen) atoms. The van der Waals surface area contributed by atoms with Gasteiger partial charge < -0.3 is 15.5 Å². The van der Waals surface area contributed by atoms with E-state index in [-0.39, 0.29) is 12.5 Å². The fourth-order valence-electron chi connectivity index (χ4n) is 5.12. The van der Waals surface area contributed by atoms with Crippen LogP contribution in [0, 0.1) is 0 Å². The smallest absolute Gasteiger partial charge is 0.220 e. The zero-order valence-electron chi connectivity index (χ0n) is 25.7. The Kier molecular flexibility index (Phi) is 30.0. The van der Waals surface area contributed by atoms with E-state index in [1.807, 2.05) is 0 Å². The van der Waals surface area contributed by atoms with Gasteiger partial charge in [-0.3, -0.25) is 4.79 Å². The molecule has 0 aliphatic heterocycles. The lowest BCUT2D eigenvalue weighted by Gasteiger charge is -2.22. The zero-order chi connectivity index (χ0) is 27.9. The van der Waals surface area contributed by atoms with Gasteiger partial charge in [-0.15, -0.1) is 0 Å². The van der Waals surface area contributed by atoms with Crippen LogP contribution in [0.1, 0.15) is 181 Å². The molecule has 2 atom stereocenters. The molecule has 0 bridgehead atoms. The maximum Gasteiger partial charge on any atom is 0.220 e. The van der Waals surface area contributed by atoms with Crippen LogP contribution in [0.4, 0.5) is 0 Å². The number of hydrogen-bond acceptors (Lipinski definition) is 3. The summed E-state index contributed by atoms with van der Waals surface area (Å²) < 4.78 is 0. The average Bonchev–Trinajstić information content (AvgIpc) is 2.92. The highest BCUT2D eigenvalue weighted by Crippen LogP contribution is 2.14. The fraction of sp³-hybridized carbons (Fsp3) is 0.912. The number of allylic oxidation sites excluding steroid dienone is 2. The number of nitrogens with one attached hydrogen (secondary N) is 1. The molecule has 0 radical (unpaired) electrons. The van der Waals surface area contributed by atoms with Gasteiger partial charge in [0.1, 0.15) is 0 Å². The monoisotopic (exact) mass is 538 g/mol. The minimum absolute atomic E-state index is 0.0422. The Labute approximate surface area is 237 Å². The maximum atomic E-state index is 12.3. The summed E-state index contributed by atoms with van der Waals surface area (Å²) in [6, 6.07) is -0.534. The first-order chi connectivity index (χ1) is 18.7. The molecule has 0 aromatic rings. The van der Waals surface area contributed by atoms with E-state index in [1.54, 1.807) is 0 Å². The van der Waals surface area contributed by atoms with E-state index in [2.05, 4.69) is 31.3 Å². The summed E-state index contributed by atoms with van der Waals surface area (Å²) in [4.78, 5) is 12.3. The van der Waals surface area contributed by atoms with Gasteiger partial charge in [0.05, 0.1) is 18.8 Å². The van der Waals surface area contributed by atoms with Crippen molar-refractivity contribution in [2.24, 2.45) is 0 Å². The first-order valence-corrected chi connectivity index (χ1v) is 16.9. The molecule has 4 heteroatoms. The van der Waals surface area contributed by atoms with E-state index in [0.29, 0.717) is 12.8 Å². The summed E-state index contributed by atoms with van der Waals surface area (Å²) in [6.07, 6.45) is 35.4. The van der Waals surface area contributed by atoms with Crippen LogP contribution >= 0.6 is 0 Å². The van der Waals surface area contributed by atoms with Gasteiger partial charge in [0.25, 0.3) is 0 Å². The predicted octanol–water partition coefficient (Wildman–Crippen LogP) is 9.56. The number of unbranched alkanes of at least 4 members (excludes halogenated alkanes) is 21. The number of amides is 1. The second kappa shape index (κ2) is 30.7. The van der Waals surface area contributed by atoms with Crippen molar-refractivity contribution in [3.05, 3.63) is 12.2 Å². The van der Waals surface area contributed by atoms with Gasteiger partial charge in [-0.1, -0.05) is 148 Å². The number of aliphatic hydroxyl groups excluding tert-OH is 2. The van der Waals surface area contributed by atoms with Crippen LogP contribution < -0.4 is 5.32 Å². The Hall–Kier alpha value is -0.870. The molecule has 0 saturated carbocycles. The summed E-state index contributed by atoms with van der Waals surface area (Å²) in [5.41, 5.74) is 0. The standard InChI is InChI=1S/C34H67NO3/c1-3-5-7-9-11-13-15-17-19-21-23-25-27-29-33(37)32(31-36)35-34(38)30-28-26-24-22-20-18-16-14-12-10-8-6-4-2/h14,16,32-33,36-37H,3-13,15,17-31H2,1-2H3,(H,35,38)/t32-,33+/m0/s1. The van der Waals surface area contributed by atoms with Crippen LogP contribution in [0.15, 0.2) is 12.2 Å². The number of rotatable bonds is 30. The first kappa shape index (κ1) is 37.1. The Morgan fingerprint density at radius 2 is 1.00 bits per heavy atom. The second-order valence-electron chi connectivity index (χ2n) is 11.6. The number of carbonyl (C=O) groups is 1. The maximum absolute atomic E-state index is 12.3. The molecule has 226 valence electrons. The molecule has 1 amide bonds. The van der Waals surface area contributed by atoms with E-state index in [4.69, 9.17) is 0 Å². The van der Waals surface area contributed by atoms with Gasteiger partial charge in [0.15, 0.2) is 0 Å². The molecule has 0 unspecified atom stereocenters. The number of hydrogen-bond donors (Lipinski definition) is 3. The van der Waals surface area contributed by atoms with Crippen LogP contribution in [-0.4, -0.2) is 34.9 Å². The molecule has 0 fully saturated rings. The van der Waals surface area contributed by atoms with Gasteiger partial charge in [0, 0.05) is 6.42 Å². The summed E-state index contributed by atoms with van der Waals surface area (Å²) in [7, 11) is 0. The lowest BCUT2D eigenvalue weighted by atomic mass is 10.0. The Bertz CT molecular complexity index is 508. The van der Waals surface area contributed by atoms with E-state index in [1.165, 1.54) is 128 Å². The van der Waals surface area contributed by atoms with Gasteiger partial charge in [-0.2, -0.15) is 0 Å². The second-order valence-corrected chi connectivity index (χ2v) is 11.6. The highest BCUT2D eigenvalue weighted by Gasteiger charge is 2.19. The van der Waals surface area contributed by atoms with Gasteiger partial charge in [-0.25, -0.2) is 0 Å². The molecule has 0 rings (SSSR count). The Morgan fingerprint density at radius 1 is 0.605 bits per heavy atom. The SMILES string of the molecule is CCCCCCC=CCCCCCCCC(=O)N[C@@H](CO)[C@H](O)CCCCCCCCCCCCCCC. The van der Waals surface area contributed by atoms with E-state index in [9.17, 15) is 15.0 Å². The van der Waals surface area contributed by atoms with Crippen LogP contribution in [0.5, 0.6) is 0 Å². The minimum atomic E-state index is -0.656. The van der Waals surface area contributed by atoms with Crippen molar-refractivity contribution < 1.29 is 15.0 Å². The topological polar surface area (TPSA) is 69.6 Å². The third-order valence-electron chi connectivity index (χ3n) is 7.78. The molecule has 4 nitrogen and oxygen atoms in total. The van der Waals surface area contributed by atoms with Crippen LogP contribution in [0.3, 0.4) is 0 Å². The first-order valence-electron chi connectivity index (χ1n) is 16.9. The van der Waals surface area contributed by atoms with E-state index >= 15 is 0 Å². The fourth-order valence-corrected chi connectivity index (χ4v) is 5.12. The van der Waals surface area contributed by atoms with Crippen molar-refractivity contribution in [2.45, 2.75) is 193 Å². The molecular weight excluding hydrogens is 470 g/mol. The third-order valence-corrected chi connectivity index (χ3v) is 7.78. The molecule has 0 aromatic heterocycles. The third kappa shape index (κ3) is 26.7. The normalized spacial score (nSPS) is 13.3. The largest absolute Gasteiger partial charge is 0.394 e. The molecule has 0 heterocycles. The predicted molar refractivity (Wildman–Crippen MR) is 166 cm³/mol. The highest BCUT2D eigenvalue weighted by molar-refractivity contribution is 5.76. The minimum Gasteiger partial charge on any atom is -0.394 e. The number of carbonyl (C=O) groups excluding carboxylic acids is 1. The van der Waals surface area contributed by atoms with Crippen LogP contribution in [-0.2, 0) is 4.79 Å². The van der Waals surface area contributed by atoms with Gasteiger partial charge in [0.2, 0.25) is 5.91 Å². The van der Waals surface area contributed by atoms with Crippen molar-refractivity contribution in [3.8, 4) is 0 Å². The molecule has 0 aromatic carbocycles. The summed E-state index contributed by atoms with van der Waals surface area (Å²) >= 11 is 0. The van der Waals surface area contributed by atoms with E-state index < -0.39 is 12.1 Å². The molecule has 0 aliphatic carbocycles. The quantitative estimate of drug-likeness (QED) is 0.0631. The van der Waals surface area contributed by atoms with Crippen LogP contribution in [0.2, 0.25) is 0 Å². The highest BCUT2D eigenvalue weighted by atomic mass is 16.3. The molecule has 3 N–H and O–H groups in total. The molecule has 0 aliphatic rings. The van der Waals surface area contributed by atoms with Gasteiger partial charge in [-0.05, 0) is 38.5 Å². The lowest BCUT2D eigenvalue weighted by Crippen LogP contribution is -2.45. The molecular formula is C34H67NO3. The summed E-state index contributed by atoms with van der Waals surface area (Å²) in [5.74, 6) is -0.0422. The van der Waals surface area contributed by atoms with Crippen molar-refractivity contribution in [1.82, 2.24) is 5.32 Å². The Morgan fingerprint density at radius 3 is 1.47 bits per heavy atom.